The largest absolute Gasteiger partial charge is 0.387 e. The maximum Gasteiger partial charge on any atom is 0.248 e. The molecule has 1 unspecified atom stereocenters. The molecule has 1 N–H and O–H groups in total. The van der Waals surface area contributed by atoms with E-state index in [2.05, 4.69) is 0 Å². The summed E-state index contributed by atoms with van der Waals surface area (Å²) < 4.78 is 13.2. The number of rotatable bonds is 5. The fourth-order valence-electron chi connectivity index (χ4n) is 2.87. The van der Waals surface area contributed by atoms with Crippen molar-refractivity contribution >= 4 is 11.8 Å². The summed E-state index contributed by atoms with van der Waals surface area (Å²) >= 11 is 0. The van der Waals surface area contributed by atoms with Crippen LogP contribution in [0.1, 0.15) is 18.9 Å². The lowest BCUT2D eigenvalue weighted by molar-refractivity contribution is -0.141. The minimum atomic E-state index is -0.487. The topological polar surface area (TPSA) is 60.9 Å². The summed E-state index contributed by atoms with van der Waals surface area (Å²) in [5.41, 5.74) is 0.892. The fourth-order valence-corrected chi connectivity index (χ4v) is 2.87. The van der Waals surface area contributed by atoms with Gasteiger partial charge in [-0.15, -0.1) is 0 Å². The van der Waals surface area contributed by atoms with Crippen LogP contribution in [0.3, 0.4) is 0 Å². The molecule has 1 aliphatic heterocycles. The number of carbonyl (C=O) groups is 2. The molecule has 1 heterocycles. The van der Waals surface area contributed by atoms with Crippen molar-refractivity contribution in [3.8, 4) is 0 Å². The van der Waals surface area contributed by atoms with Gasteiger partial charge in [0.2, 0.25) is 11.8 Å². The Balaban J connectivity index is 1.79. The molecule has 6 heteroatoms. The molecule has 0 spiro atoms. The Morgan fingerprint density at radius 3 is 2.35 bits per heavy atom. The minimum Gasteiger partial charge on any atom is -0.387 e. The number of aliphatic hydroxyl groups is 1. The summed E-state index contributed by atoms with van der Waals surface area (Å²) in [6.07, 6.45) is 1.07. The zero-order chi connectivity index (χ0) is 16.8. The highest BCUT2D eigenvalue weighted by Gasteiger charge is 2.24. The third-order valence-corrected chi connectivity index (χ3v) is 4.12. The number of benzene rings is 1. The SMILES string of the molecule is CC(CC(=O)N1CCN(C(=O)CO)CC1)Cc1cccc(F)c1. The van der Waals surface area contributed by atoms with Crippen molar-refractivity contribution in [3.63, 3.8) is 0 Å². The Labute approximate surface area is 135 Å². The van der Waals surface area contributed by atoms with Crippen LogP contribution < -0.4 is 0 Å². The van der Waals surface area contributed by atoms with Gasteiger partial charge in [0.1, 0.15) is 12.4 Å². The maximum absolute atomic E-state index is 13.2. The molecule has 0 aromatic heterocycles. The van der Waals surface area contributed by atoms with Crippen molar-refractivity contribution in [2.45, 2.75) is 19.8 Å². The first-order valence-electron chi connectivity index (χ1n) is 7.90. The van der Waals surface area contributed by atoms with Crippen molar-refractivity contribution < 1.29 is 19.1 Å². The first-order chi connectivity index (χ1) is 11.0. The van der Waals surface area contributed by atoms with Gasteiger partial charge in [-0.1, -0.05) is 19.1 Å². The van der Waals surface area contributed by atoms with Crippen LogP contribution in [-0.4, -0.2) is 59.5 Å². The highest BCUT2D eigenvalue weighted by Crippen LogP contribution is 2.15. The molecular weight excluding hydrogens is 299 g/mol. The number of hydrogen-bond donors (Lipinski definition) is 1. The van der Waals surface area contributed by atoms with Gasteiger partial charge in [-0.3, -0.25) is 9.59 Å². The van der Waals surface area contributed by atoms with E-state index in [1.165, 1.54) is 12.1 Å². The van der Waals surface area contributed by atoms with Gasteiger partial charge in [0, 0.05) is 32.6 Å². The number of hydrogen-bond acceptors (Lipinski definition) is 3. The molecule has 23 heavy (non-hydrogen) atoms. The lowest BCUT2D eigenvalue weighted by atomic mass is 9.97. The molecule has 0 radical (unpaired) electrons. The van der Waals surface area contributed by atoms with Gasteiger partial charge in [0.25, 0.3) is 0 Å². The third kappa shape index (κ3) is 5.03. The lowest BCUT2D eigenvalue weighted by Gasteiger charge is -2.35. The zero-order valence-corrected chi connectivity index (χ0v) is 13.4. The predicted molar refractivity (Wildman–Crippen MR) is 84.1 cm³/mol. The van der Waals surface area contributed by atoms with Crippen molar-refractivity contribution in [1.29, 1.82) is 0 Å². The molecule has 1 fully saturated rings. The molecule has 2 amide bonds. The first-order valence-corrected chi connectivity index (χ1v) is 7.90. The minimum absolute atomic E-state index is 0.0602. The Bertz CT molecular complexity index is 557. The van der Waals surface area contributed by atoms with Crippen LogP contribution in [0.2, 0.25) is 0 Å². The average Bonchev–Trinajstić information content (AvgIpc) is 2.54. The smallest absolute Gasteiger partial charge is 0.248 e. The van der Waals surface area contributed by atoms with Crippen LogP contribution in [0, 0.1) is 11.7 Å². The summed E-state index contributed by atoms with van der Waals surface area (Å²) in [7, 11) is 0. The second kappa shape index (κ2) is 8.06. The standard InChI is InChI=1S/C17H23FN2O3/c1-13(9-14-3-2-4-15(18)11-14)10-16(22)19-5-7-20(8-6-19)17(23)12-21/h2-4,11,13,21H,5-10,12H2,1H3. The summed E-state index contributed by atoms with van der Waals surface area (Å²) in [4.78, 5) is 27.0. The van der Waals surface area contributed by atoms with Gasteiger partial charge in [0.15, 0.2) is 0 Å². The van der Waals surface area contributed by atoms with E-state index in [1.54, 1.807) is 15.9 Å². The Kier molecular flexibility index (Phi) is 6.10. The van der Waals surface area contributed by atoms with Gasteiger partial charge < -0.3 is 14.9 Å². The third-order valence-electron chi connectivity index (χ3n) is 4.12. The van der Waals surface area contributed by atoms with E-state index < -0.39 is 6.61 Å². The monoisotopic (exact) mass is 322 g/mol. The molecule has 5 nitrogen and oxygen atoms in total. The molecule has 0 saturated carbocycles. The van der Waals surface area contributed by atoms with Gasteiger partial charge in [-0.2, -0.15) is 0 Å². The normalized spacial score (nSPS) is 16.3. The Morgan fingerprint density at radius 1 is 1.17 bits per heavy atom. The molecule has 1 atom stereocenters. The van der Waals surface area contributed by atoms with Crippen LogP contribution in [0.5, 0.6) is 0 Å². The molecule has 1 aliphatic rings. The molecule has 126 valence electrons. The molecule has 1 saturated heterocycles. The van der Waals surface area contributed by atoms with Gasteiger partial charge in [-0.05, 0) is 30.0 Å². The van der Waals surface area contributed by atoms with E-state index in [9.17, 15) is 14.0 Å². The summed E-state index contributed by atoms with van der Waals surface area (Å²) in [6.45, 7) is 3.41. The number of nitrogens with zero attached hydrogens (tertiary/aromatic N) is 2. The highest BCUT2D eigenvalue weighted by atomic mass is 19.1. The van der Waals surface area contributed by atoms with E-state index >= 15 is 0 Å². The molecule has 0 bridgehead atoms. The second-order valence-electron chi connectivity index (χ2n) is 6.06. The number of aliphatic hydroxyl groups excluding tert-OH is 1. The lowest BCUT2D eigenvalue weighted by Crippen LogP contribution is -2.51. The Hall–Kier alpha value is -1.95. The maximum atomic E-state index is 13.2. The van der Waals surface area contributed by atoms with Gasteiger partial charge >= 0.3 is 0 Å². The van der Waals surface area contributed by atoms with E-state index in [0.29, 0.717) is 39.0 Å². The van der Waals surface area contributed by atoms with Crippen molar-refractivity contribution in [3.05, 3.63) is 35.6 Å². The summed E-state index contributed by atoms with van der Waals surface area (Å²) in [5.74, 6) is -0.367. The van der Waals surface area contributed by atoms with E-state index in [-0.39, 0.29) is 23.5 Å². The quantitative estimate of drug-likeness (QED) is 0.882. The molecule has 1 aromatic carbocycles. The summed E-state index contributed by atoms with van der Waals surface area (Å²) in [5, 5.41) is 8.84. The number of carbonyl (C=O) groups excluding carboxylic acids is 2. The van der Waals surface area contributed by atoms with Gasteiger partial charge in [0.05, 0.1) is 0 Å². The van der Waals surface area contributed by atoms with Crippen molar-refractivity contribution in [1.82, 2.24) is 9.80 Å². The van der Waals surface area contributed by atoms with E-state index in [0.717, 1.165) is 5.56 Å². The van der Waals surface area contributed by atoms with Crippen molar-refractivity contribution in [2.24, 2.45) is 5.92 Å². The van der Waals surface area contributed by atoms with E-state index in [1.807, 2.05) is 13.0 Å². The molecule has 2 rings (SSSR count). The highest BCUT2D eigenvalue weighted by molar-refractivity contribution is 5.79. The average molecular weight is 322 g/mol. The second-order valence-corrected chi connectivity index (χ2v) is 6.06. The molecule has 0 aliphatic carbocycles. The zero-order valence-electron chi connectivity index (χ0n) is 13.4. The Morgan fingerprint density at radius 2 is 1.78 bits per heavy atom. The van der Waals surface area contributed by atoms with Crippen LogP contribution >= 0.6 is 0 Å². The number of piperazine rings is 1. The van der Waals surface area contributed by atoms with E-state index in [4.69, 9.17) is 5.11 Å². The van der Waals surface area contributed by atoms with Crippen LogP contribution in [0.25, 0.3) is 0 Å². The fraction of sp³-hybridized carbons (Fsp3) is 0.529. The predicted octanol–water partition coefficient (Wildman–Crippen LogP) is 1.06. The van der Waals surface area contributed by atoms with Crippen LogP contribution in [0.4, 0.5) is 4.39 Å². The van der Waals surface area contributed by atoms with Crippen LogP contribution in [0.15, 0.2) is 24.3 Å². The van der Waals surface area contributed by atoms with Crippen LogP contribution in [-0.2, 0) is 16.0 Å². The first kappa shape index (κ1) is 17.4. The van der Waals surface area contributed by atoms with Gasteiger partial charge in [-0.25, -0.2) is 4.39 Å². The summed E-state index contributed by atoms with van der Waals surface area (Å²) in [6, 6.07) is 6.45. The van der Waals surface area contributed by atoms with Crippen molar-refractivity contribution in [2.75, 3.05) is 32.8 Å². The number of amides is 2. The molecule has 1 aromatic rings. The number of halogens is 1. The molecular formula is C17H23FN2O3.